The fraction of sp³-hybridized carbons (Fsp3) is 0.545. The molecule has 1 aromatic rings. The first-order valence-corrected chi connectivity index (χ1v) is 8.53. The molecular weight excluding hydrogens is 340 g/mol. The van der Waals surface area contributed by atoms with Crippen LogP contribution in [-0.4, -0.2) is 25.3 Å². The molecule has 100 valence electrons. The number of aromatic nitrogens is 1. The zero-order valence-electron chi connectivity index (χ0n) is 9.64. The lowest BCUT2D eigenvalue weighted by molar-refractivity contribution is 0.480. The largest absolute Gasteiger partial charge is 0.262 e. The number of nitrogens with one attached hydrogen (secondary N) is 1. The summed E-state index contributed by atoms with van der Waals surface area (Å²) in [4.78, 5) is 4.05. The van der Waals surface area contributed by atoms with E-state index in [0.717, 1.165) is 19.3 Å². The molecule has 2 unspecified atom stereocenters. The minimum atomic E-state index is -3.51. The highest BCUT2D eigenvalue weighted by Gasteiger charge is 2.30. The highest BCUT2D eigenvalue weighted by Crippen LogP contribution is 2.28. The van der Waals surface area contributed by atoms with Crippen molar-refractivity contribution in [1.82, 2.24) is 9.71 Å². The van der Waals surface area contributed by atoms with Crippen LogP contribution >= 0.6 is 27.5 Å². The van der Waals surface area contributed by atoms with Gasteiger partial charge in [0.1, 0.15) is 4.90 Å². The van der Waals surface area contributed by atoms with Crippen LogP contribution in [0.5, 0.6) is 0 Å². The Kier molecular flexibility index (Phi) is 4.64. The van der Waals surface area contributed by atoms with Gasteiger partial charge in [-0.1, -0.05) is 6.42 Å². The fourth-order valence-electron chi connectivity index (χ4n) is 2.18. The summed E-state index contributed by atoms with van der Waals surface area (Å²) in [5, 5.41) is 0. The van der Waals surface area contributed by atoms with Gasteiger partial charge in [0.05, 0.1) is 0 Å². The average Bonchev–Trinajstić information content (AvgIpc) is 2.75. The molecule has 0 radical (unpaired) electrons. The van der Waals surface area contributed by atoms with Gasteiger partial charge in [0.2, 0.25) is 10.0 Å². The summed E-state index contributed by atoms with van der Waals surface area (Å²) in [7, 11) is -3.51. The van der Waals surface area contributed by atoms with Crippen molar-refractivity contribution in [3.05, 3.63) is 22.9 Å². The van der Waals surface area contributed by atoms with Crippen LogP contribution in [0.3, 0.4) is 0 Å². The molecule has 0 aliphatic heterocycles. The van der Waals surface area contributed by atoms with Gasteiger partial charge in [0.25, 0.3) is 0 Å². The number of pyridine rings is 1. The smallest absolute Gasteiger partial charge is 0.242 e. The Morgan fingerprint density at radius 3 is 2.89 bits per heavy atom. The van der Waals surface area contributed by atoms with Crippen LogP contribution in [0.15, 0.2) is 27.8 Å². The van der Waals surface area contributed by atoms with Crippen LogP contribution < -0.4 is 4.72 Å². The fourth-order valence-corrected chi connectivity index (χ4v) is 4.40. The lowest BCUT2D eigenvalue weighted by Crippen LogP contribution is -2.37. The number of alkyl halides is 1. The summed E-state index contributed by atoms with van der Waals surface area (Å²) in [6.07, 6.45) is 5.74. The molecule has 0 amide bonds. The first-order chi connectivity index (χ1) is 8.53. The molecule has 0 spiro atoms. The molecule has 1 saturated carbocycles. The van der Waals surface area contributed by atoms with Crippen molar-refractivity contribution < 1.29 is 8.42 Å². The van der Waals surface area contributed by atoms with Gasteiger partial charge in [-0.3, -0.25) is 4.98 Å². The third-order valence-corrected chi connectivity index (χ3v) is 5.44. The summed E-state index contributed by atoms with van der Waals surface area (Å²) in [6, 6.07) is 1.48. The monoisotopic (exact) mass is 352 g/mol. The molecule has 0 aromatic carbocycles. The third kappa shape index (κ3) is 3.23. The van der Waals surface area contributed by atoms with Gasteiger partial charge in [-0.2, -0.15) is 0 Å². The van der Waals surface area contributed by atoms with Crippen molar-refractivity contribution in [2.45, 2.75) is 30.2 Å². The number of sulfonamides is 1. The highest BCUT2D eigenvalue weighted by atomic mass is 79.9. The molecule has 2 atom stereocenters. The second-order valence-electron chi connectivity index (χ2n) is 4.41. The Morgan fingerprint density at radius 2 is 2.22 bits per heavy atom. The number of hydrogen-bond acceptors (Lipinski definition) is 3. The van der Waals surface area contributed by atoms with Crippen LogP contribution in [-0.2, 0) is 10.0 Å². The molecule has 0 bridgehead atoms. The number of halogens is 2. The maximum atomic E-state index is 12.2. The molecule has 1 fully saturated rings. The SMILES string of the molecule is O=S(=O)(NC1CCCC1CCl)c1cncc(Br)c1. The molecule has 0 saturated heterocycles. The molecule has 1 heterocycles. The van der Waals surface area contributed by atoms with Gasteiger partial charge < -0.3 is 0 Å². The van der Waals surface area contributed by atoms with Crippen LogP contribution in [0.1, 0.15) is 19.3 Å². The standard InChI is InChI=1S/C11H14BrClN2O2S/c12-9-4-10(7-14-6-9)18(16,17)15-11-3-1-2-8(11)5-13/h4,6-8,11,15H,1-3,5H2. The molecule has 1 aromatic heterocycles. The minimum Gasteiger partial charge on any atom is -0.262 e. The van der Waals surface area contributed by atoms with Crippen molar-refractivity contribution >= 4 is 37.6 Å². The zero-order valence-corrected chi connectivity index (χ0v) is 12.8. The Hall–Kier alpha value is -0.170. The summed E-state index contributed by atoms with van der Waals surface area (Å²) >= 11 is 9.06. The van der Waals surface area contributed by atoms with Crippen LogP contribution in [0.4, 0.5) is 0 Å². The molecule has 1 N–H and O–H groups in total. The van der Waals surface area contributed by atoms with Gasteiger partial charge in [0, 0.05) is 28.8 Å². The van der Waals surface area contributed by atoms with E-state index in [0.29, 0.717) is 10.4 Å². The maximum Gasteiger partial charge on any atom is 0.242 e. The van der Waals surface area contributed by atoms with Crippen molar-refractivity contribution in [2.24, 2.45) is 5.92 Å². The van der Waals surface area contributed by atoms with E-state index in [4.69, 9.17) is 11.6 Å². The second kappa shape index (κ2) is 5.86. The Balaban J connectivity index is 2.17. The lowest BCUT2D eigenvalue weighted by atomic mass is 10.1. The number of hydrogen-bond donors (Lipinski definition) is 1. The molecule has 1 aliphatic rings. The summed E-state index contributed by atoms with van der Waals surface area (Å²) in [5.41, 5.74) is 0. The van der Waals surface area contributed by atoms with Gasteiger partial charge in [-0.25, -0.2) is 13.1 Å². The lowest BCUT2D eigenvalue weighted by Gasteiger charge is -2.18. The summed E-state index contributed by atoms with van der Waals surface area (Å²) in [5.74, 6) is 0.714. The van der Waals surface area contributed by atoms with Crippen molar-refractivity contribution in [2.75, 3.05) is 5.88 Å². The predicted molar refractivity (Wildman–Crippen MR) is 74.1 cm³/mol. The van der Waals surface area contributed by atoms with E-state index in [-0.39, 0.29) is 16.9 Å². The van der Waals surface area contributed by atoms with Gasteiger partial charge in [-0.05, 0) is 40.8 Å². The average molecular weight is 354 g/mol. The Bertz CT molecular complexity index is 524. The van der Waals surface area contributed by atoms with E-state index in [2.05, 4.69) is 25.6 Å². The Labute approximate surface area is 120 Å². The third-order valence-electron chi connectivity index (χ3n) is 3.15. The number of nitrogens with zero attached hydrogens (tertiary/aromatic N) is 1. The molecular formula is C11H14BrClN2O2S. The minimum absolute atomic E-state index is 0.0634. The molecule has 7 heteroatoms. The first kappa shape index (κ1) is 14.2. The molecule has 2 rings (SSSR count). The van der Waals surface area contributed by atoms with E-state index in [1.54, 1.807) is 12.3 Å². The predicted octanol–water partition coefficient (Wildman–Crippen LogP) is 2.53. The topological polar surface area (TPSA) is 59.1 Å². The first-order valence-electron chi connectivity index (χ1n) is 5.72. The Morgan fingerprint density at radius 1 is 1.44 bits per heavy atom. The van der Waals surface area contributed by atoms with Crippen LogP contribution in [0.25, 0.3) is 0 Å². The zero-order chi connectivity index (χ0) is 13.2. The van der Waals surface area contributed by atoms with E-state index in [1.807, 2.05) is 0 Å². The van der Waals surface area contributed by atoms with Gasteiger partial charge in [-0.15, -0.1) is 11.6 Å². The summed E-state index contributed by atoms with van der Waals surface area (Å²) < 4.78 is 27.7. The molecule has 1 aliphatic carbocycles. The van der Waals surface area contributed by atoms with Crippen molar-refractivity contribution in [3.63, 3.8) is 0 Å². The van der Waals surface area contributed by atoms with Crippen molar-refractivity contribution in [3.8, 4) is 0 Å². The van der Waals surface area contributed by atoms with Gasteiger partial charge >= 0.3 is 0 Å². The van der Waals surface area contributed by atoms with E-state index >= 15 is 0 Å². The molecule has 18 heavy (non-hydrogen) atoms. The van der Waals surface area contributed by atoms with E-state index in [9.17, 15) is 8.42 Å². The van der Waals surface area contributed by atoms with Crippen molar-refractivity contribution in [1.29, 1.82) is 0 Å². The normalized spacial score (nSPS) is 24.3. The second-order valence-corrected chi connectivity index (χ2v) is 7.35. The summed E-state index contributed by atoms with van der Waals surface area (Å²) in [6.45, 7) is 0. The van der Waals surface area contributed by atoms with E-state index < -0.39 is 10.0 Å². The van der Waals surface area contributed by atoms with Crippen LogP contribution in [0, 0.1) is 5.92 Å². The van der Waals surface area contributed by atoms with Gasteiger partial charge in [0.15, 0.2) is 0 Å². The maximum absolute atomic E-state index is 12.2. The number of rotatable bonds is 4. The highest BCUT2D eigenvalue weighted by molar-refractivity contribution is 9.10. The quantitative estimate of drug-likeness (QED) is 0.846. The van der Waals surface area contributed by atoms with Crippen LogP contribution in [0.2, 0.25) is 0 Å². The molecule has 4 nitrogen and oxygen atoms in total. The van der Waals surface area contributed by atoms with E-state index in [1.165, 1.54) is 6.20 Å².